The topological polar surface area (TPSA) is 134 Å². The van der Waals surface area contributed by atoms with Crippen molar-refractivity contribution in [2.24, 2.45) is 5.73 Å². The summed E-state index contributed by atoms with van der Waals surface area (Å²) in [5, 5.41) is 0. The highest BCUT2D eigenvalue weighted by Crippen LogP contribution is 2.43. The van der Waals surface area contributed by atoms with E-state index in [0.717, 1.165) is 70.6 Å². The van der Waals surface area contributed by atoms with E-state index in [4.69, 9.17) is 24.3 Å². The molecule has 2 unspecified atom stereocenters. The van der Waals surface area contributed by atoms with Gasteiger partial charge < -0.3 is 20.1 Å². The smallest absolute Gasteiger partial charge is 0.462 e. The van der Waals surface area contributed by atoms with Gasteiger partial charge in [0, 0.05) is 19.4 Å². The fourth-order valence-corrected chi connectivity index (χ4v) is 9.74. The lowest BCUT2D eigenvalue weighted by Gasteiger charge is -2.19. The highest BCUT2D eigenvalue weighted by Gasteiger charge is 2.26. The maximum Gasteiger partial charge on any atom is 0.472 e. The van der Waals surface area contributed by atoms with Crippen molar-refractivity contribution in [3.05, 3.63) is 60.8 Å². The number of phosphoric acid groups is 1. The van der Waals surface area contributed by atoms with E-state index in [-0.39, 0.29) is 32.6 Å². The van der Waals surface area contributed by atoms with Gasteiger partial charge in [0.1, 0.15) is 6.61 Å². The zero-order valence-corrected chi connectivity index (χ0v) is 49.2. The Kier molecular flexibility index (Phi) is 58.1. The normalized spacial score (nSPS) is 13.4. The number of esters is 2. The lowest BCUT2D eigenvalue weighted by Crippen LogP contribution is -2.29. The summed E-state index contributed by atoms with van der Waals surface area (Å²) in [5.41, 5.74) is 5.38. The van der Waals surface area contributed by atoms with E-state index in [1.807, 2.05) is 0 Å². The molecule has 0 spiro atoms. The number of phosphoric ester groups is 1. The third-order valence-electron chi connectivity index (χ3n) is 13.6. The van der Waals surface area contributed by atoms with Crippen LogP contribution < -0.4 is 5.73 Å². The molecule has 3 N–H and O–H groups in total. The van der Waals surface area contributed by atoms with Crippen LogP contribution >= 0.6 is 7.82 Å². The third kappa shape index (κ3) is 59.0. The van der Waals surface area contributed by atoms with Crippen LogP contribution in [0.1, 0.15) is 303 Å². The second kappa shape index (κ2) is 59.9. The Bertz CT molecular complexity index is 1390. The number of rotatable bonds is 59. The van der Waals surface area contributed by atoms with Crippen LogP contribution in [-0.2, 0) is 32.7 Å². The van der Waals surface area contributed by atoms with Crippen LogP contribution in [-0.4, -0.2) is 49.3 Å². The second-order valence-electron chi connectivity index (χ2n) is 20.9. The van der Waals surface area contributed by atoms with E-state index in [1.165, 1.54) is 199 Å². The van der Waals surface area contributed by atoms with Crippen molar-refractivity contribution >= 4 is 19.8 Å². The van der Waals surface area contributed by atoms with Gasteiger partial charge in [-0.05, 0) is 83.5 Å². The molecule has 0 aliphatic heterocycles. The van der Waals surface area contributed by atoms with E-state index >= 15 is 0 Å². The number of hydrogen-bond donors (Lipinski definition) is 2. The molecule has 0 heterocycles. The minimum Gasteiger partial charge on any atom is -0.462 e. The quantitative estimate of drug-likeness (QED) is 0.0264. The lowest BCUT2D eigenvalue weighted by molar-refractivity contribution is -0.161. The second-order valence-corrected chi connectivity index (χ2v) is 22.4. The molecular weight excluding hydrogens is 942 g/mol. The van der Waals surface area contributed by atoms with Gasteiger partial charge in [-0.1, -0.05) is 267 Å². The molecule has 0 bridgehead atoms. The maximum absolute atomic E-state index is 12.7. The summed E-state index contributed by atoms with van der Waals surface area (Å²) in [6.07, 6.45) is 75.9. The molecular formula is C64H118NO8P. The van der Waals surface area contributed by atoms with E-state index in [2.05, 4.69) is 74.6 Å². The number of carbonyl (C=O) groups excluding carboxylic acids is 2. The average molecular weight is 1060 g/mol. The predicted octanol–water partition coefficient (Wildman–Crippen LogP) is 19.9. The van der Waals surface area contributed by atoms with Gasteiger partial charge in [-0.2, -0.15) is 0 Å². The van der Waals surface area contributed by atoms with Crippen LogP contribution in [0.25, 0.3) is 0 Å². The molecule has 9 nitrogen and oxygen atoms in total. The highest BCUT2D eigenvalue weighted by atomic mass is 31.2. The number of ether oxygens (including phenoxy) is 2. The molecule has 0 saturated carbocycles. The number of carbonyl (C=O) groups is 2. The molecule has 0 saturated heterocycles. The van der Waals surface area contributed by atoms with Crippen molar-refractivity contribution in [2.75, 3.05) is 26.4 Å². The first kappa shape index (κ1) is 71.7. The summed E-state index contributed by atoms with van der Waals surface area (Å²) in [5.74, 6) is -0.833. The summed E-state index contributed by atoms with van der Waals surface area (Å²) in [6.45, 7) is 3.73. The fraction of sp³-hybridized carbons (Fsp3) is 0.812. The number of nitrogens with two attached hydrogens (primary N) is 1. The predicted molar refractivity (Wildman–Crippen MR) is 316 cm³/mol. The van der Waals surface area contributed by atoms with Crippen LogP contribution in [0.5, 0.6) is 0 Å². The summed E-state index contributed by atoms with van der Waals surface area (Å²) in [7, 11) is -4.39. The molecule has 0 aromatic rings. The van der Waals surface area contributed by atoms with E-state index in [1.54, 1.807) is 0 Å². The number of allylic oxidation sites excluding steroid dienone is 10. The Morgan fingerprint density at radius 1 is 0.405 bits per heavy atom. The molecule has 432 valence electrons. The fourth-order valence-electron chi connectivity index (χ4n) is 8.97. The molecule has 0 rings (SSSR count). The van der Waals surface area contributed by atoms with Crippen LogP contribution in [0.3, 0.4) is 0 Å². The summed E-state index contributed by atoms with van der Waals surface area (Å²) < 4.78 is 33.0. The molecule has 0 amide bonds. The monoisotopic (exact) mass is 1060 g/mol. The largest absolute Gasteiger partial charge is 0.472 e. The van der Waals surface area contributed by atoms with Crippen molar-refractivity contribution in [2.45, 2.75) is 309 Å². The molecule has 0 aromatic carbocycles. The Morgan fingerprint density at radius 2 is 0.703 bits per heavy atom. The SMILES string of the molecule is CCCCCC/C=C\C/C=C\CCCCCCCC(=O)OCC(COP(=O)(O)OCCN)OC(=O)CCCCCCCCCCCCCCCCCCCCCCCC/C=C\C/C=C\C/C=C\CCCCCCC. The standard InChI is InChI=1S/C64H118NO8P/c1-3-5-7-9-11-13-15-17-19-21-22-23-24-25-26-27-28-29-30-31-32-33-34-35-36-37-38-39-40-41-43-45-47-49-51-53-55-57-64(67)73-62(61-72-74(68,69)71-59-58-65)60-70-63(66)56-54-52-50-48-46-44-42-20-18-16-14-12-10-8-6-4-2/h14-17,20-22,24-25,42,62H,3-13,18-19,23,26-41,43-61,65H2,1-2H3,(H,68,69)/b16-14-,17-15-,22-21-,25-24-,42-20-. The Morgan fingerprint density at radius 3 is 1.05 bits per heavy atom. The Hall–Kier alpha value is -2.29. The Balaban J connectivity index is 3.82. The van der Waals surface area contributed by atoms with Crippen molar-refractivity contribution in [1.29, 1.82) is 0 Å². The molecule has 74 heavy (non-hydrogen) atoms. The molecule has 2 atom stereocenters. The van der Waals surface area contributed by atoms with Gasteiger partial charge in [0.2, 0.25) is 0 Å². The molecule has 0 aliphatic carbocycles. The van der Waals surface area contributed by atoms with Crippen LogP contribution in [0.4, 0.5) is 0 Å². The van der Waals surface area contributed by atoms with Crippen molar-refractivity contribution in [3.63, 3.8) is 0 Å². The van der Waals surface area contributed by atoms with E-state index in [0.29, 0.717) is 6.42 Å². The van der Waals surface area contributed by atoms with Gasteiger partial charge in [0.05, 0.1) is 13.2 Å². The van der Waals surface area contributed by atoms with Gasteiger partial charge in [-0.15, -0.1) is 0 Å². The molecule has 0 aromatic heterocycles. The van der Waals surface area contributed by atoms with Crippen LogP contribution in [0.15, 0.2) is 60.8 Å². The van der Waals surface area contributed by atoms with Crippen molar-refractivity contribution < 1.29 is 37.6 Å². The van der Waals surface area contributed by atoms with E-state index in [9.17, 15) is 19.0 Å². The third-order valence-corrected chi connectivity index (χ3v) is 14.6. The molecule has 0 aliphatic rings. The number of hydrogen-bond acceptors (Lipinski definition) is 8. The minimum absolute atomic E-state index is 0.0513. The maximum atomic E-state index is 12.7. The van der Waals surface area contributed by atoms with Crippen molar-refractivity contribution in [1.82, 2.24) is 0 Å². The summed E-state index contributed by atoms with van der Waals surface area (Å²) in [6, 6.07) is 0. The van der Waals surface area contributed by atoms with Gasteiger partial charge in [-0.25, -0.2) is 4.57 Å². The summed E-state index contributed by atoms with van der Waals surface area (Å²) >= 11 is 0. The summed E-state index contributed by atoms with van der Waals surface area (Å²) in [4.78, 5) is 35.2. The van der Waals surface area contributed by atoms with Crippen LogP contribution in [0.2, 0.25) is 0 Å². The van der Waals surface area contributed by atoms with Crippen molar-refractivity contribution in [3.8, 4) is 0 Å². The molecule has 0 radical (unpaired) electrons. The Labute approximate surface area is 457 Å². The first-order valence-corrected chi connectivity index (χ1v) is 32.8. The minimum atomic E-state index is -4.39. The first-order valence-electron chi connectivity index (χ1n) is 31.3. The van der Waals surface area contributed by atoms with Gasteiger partial charge in [0.15, 0.2) is 6.10 Å². The van der Waals surface area contributed by atoms with E-state index < -0.39 is 32.5 Å². The average Bonchev–Trinajstić information content (AvgIpc) is 3.39. The zero-order valence-electron chi connectivity index (χ0n) is 48.3. The molecule has 0 fully saturated rings. The van der Waals surface area contributed by atoms with Crippen LogP contribution in [0, 0.1) is 0 Å². The molecule has 10 heteroatoms. The van der Waals surface area contributed by atoms with Gasteiger partial charge >= 0.3 is 19.8 Å². The lowest BCUT2D eigenvalue weighted by atomic mass is 10.0. The van der Waals surface area contributed by atoms with Gasteiger partial charge in [0.25, 0.3) is 0 Å². The highest BCUT2D eigenvalue weighted by molar-refractivity contribution is 7.47. The first-order chi connectivity index (χ1) is 36.3. The number of unbranched alkanes of at least 4 members (excludes halogenated alkanes) is 36. The zero-order chi connectivity index (χ0) is 53.8. The van der Waals surface area contributed by atoms with Gasteiger partial charge in [-0.3, -0.25) is 18.6 Å².